The highest BCUT2D eigenvalue weighted by Crippen LogP contribution is 2.33. The van der Waals surface area contributed by atoms with Crippen LogP contribution in [-0.4, -0.2) is 63.1 Å². The van der Waals surface area contributed by atoms with Crippen LogP contribution in [0.25, 0.3) is 0 Å². The third kappa shape index (κ3) is 4.19. The maximum Gasteiger partial charge on any atom is 0.137 e. The fourth-order valence-corrected chi connectivity index (χ4v) is 3.28. The molecule has 1 aliphatic rings. The molecular weight excluding hydrogens is 314 g/mol. The van der Waals surface area contributed by atoms with Crippen LogP contribution in [-0.2, 0) is 6.54 Å². The number of aliphatic hydroxyl groups is 1. The summed E-state index contributed by atoms with van der Waals surface area (Å²) in [4.78, 5) is 8.77. The number of nitrogens with zero attached hydrogens (tertiary/aromatic N) is 5. The van der Waals surface area contributed by atoms with Crippen LogP contribution in [0.15, 0.2) is 43.0 Å². The van der Waals surface area contributed by atoms with Crippen molar-refractivity contribution in [1.82, 2.24) is 19.7 Å². The summed E-state index contributed by atoms with van der Waals surface area (Å²) in [6.45, 7) is 11.2. The Morgan fingerprint density at radius 1 is 1.00 bits per heavy atom. The number of rotatable bonds is 5. The molecule has 3 rings (SSSR count). The van der Waals surface area contributed by atoms with Gasteiger partial charge < -0.3 is 10.0 Å². The summed E-state index contributed by atoms with van der Waals surface area (Å²) in [6.07, 6.45) is 3.19. The molecule has 2 heterocycles. The number of β-amino-alcohol motifs (C(OH)–C–C–N with tert-alkyl or cyclic N) is 1. The predicted octanol–water partition coefficient (Wildman–Crippen LogP) is 1.88. The molecule has 1 N–H and O–H groups in total. The van der Waals surface area contributed by atoms with E-state index in [4.69, 9.17) is 0 Å². The van der Waals surface area contributed by atoms with E-state index < -0.39 is 5.60 Å². The zero-order chi connectivity index (χ0) is 17.9. The molecule has 1 fully saturated rings. The van der Waals surface area contributed by atoms with Gasteiger partial charge in [0.25, 0.3) is 0 Å². The Balaban J connectivity index is 1.63. The molecule has 0 spiro atoms. The second-order valence-electron chi connectivity index (χ2n) is 7.97. The van der Waals surface area contributed by atoms with Crippen LogP contribution in [0.5, 0.6) is 0 Å². The molecule has 6 heteroatoms. The van der Waals surface area contributed by atoms with Crippen molar-refractivity contribution in [2.24, 2.45) is 5.41 Å². The monoisotopic (exact) mass is 343 g/mol. The van der Waals surface area contributed by atoms with E-state index in [2.05, 4.69) is 64.9 Å². The highest BCUT2D eigenvalue weighted by molar-refractivity contribution is 5.46. The number of anilines is 1. The Labute approximate surface area is 150 Å². The van der Waals surface area contributed by atoms with Crippen LogP contribution in [0, 0.1) is 5.41 Å². The minimum Gasteiger partial charge on any atom is -0.386 e. The lowest BCUT2D eigenvalue weighted by atomic mass is 9.76. The van der Waals surface area contributed by atoms with E-state index in [1.54, 1.807) is 11.0 Å². The molecule has 1 unspecified atom stereocenters. The maximum atomic E-state index is 11.4. The van der Waals surface area contributed by atoms with Gasteiger partial charge in [-0.2, -0.15) is 5.10 Å². The molecule has 0 aliphatic carbocycles. The number of piperazine rings is 1. The summed E-state index contributed by atoms with van der Waals surface area (Å²) in [7, 11) is 0. The van der Waals surface area contributed by atoms with Gasteiger partial charge in [0, 0.05) is 38.4 Å². The fourth-order valence-electron chi connectivity index (χ4n) is 3.28. The van der Waals surface area contributed by atoms with Crippen LogP contribution in [0.4, 0.5) is 5.69 Å². The normalized spacial score (nSPS) is 19.0. The topological polar surface area (TPSA) is 57.4 Å². The van der Waals surface area contributed by atoms with Crippen LogP contribution in [0.1, 0.15) is 20.8 Å². The minimum atomic E-state index is -0.865. The van der Waals surface area contributed by atoms with Crippen LogP contribution in [0.2, 0.25) is 0 Å². The SMILES string of the molecule is CC(C)(C)C(O)(CN1CCN(c2ccccc2)CC1)Cn1cncn1. The summed E-state index contributed by atoms with van der Waals surface area (Å²) >= 11 is 0. The van der Waals surface area contributed by atoms with Gasteiger partial charge in [-0.25, -0.2) is 4.98 Å². The number of para-hydroxylation sites is 1. The number of hydrogen-bond donors (Lipinski definition) is 1. The van der Waals surface area contributed by atoms with E-state index >= 15 is 0 Å². The Morgan fingerprint density at radius 2 is 1.68 bits per heavy atom. The molecule has 1 aliphatic heterocycles. The molecule has 0 amide bonds. The van der Waals surface area contributed by atoms with Crippen molar-refractivity contribution in [3.8, 4) is 0 Å². The average molecular weight is 343 g/mol. The summed E-state index contributed by atoms with van der Waals surface area (Å²) in [5, 5.41) is 15.6. The molecule has 0 saturated carbocycles. The van der Waals surface area contributed by atoms with Gasteiger partial charge in [-0.3, -0.25) is 9.58 Å². The highest BCUT2D eigenvalue weighted by atomic mass is 16.3. The Bertz CT molecular complexity index is 644. The molecule has 0 bridgehead atoms. The maximum absolute atomic E-state index is 11.4. The first-order valence-corrected chi connectivity index (χ1v) is 8.95. The third-order valence-electron chi connectivity index (χ3n) is 5.27. The summed E-state index contributed by atoms with van der Waals surface area (Å²) in [5.41, 5.74) is 0.154. The zero-order valence-corrected chi connectivity index (χ0v) is 15.5. The van der Waals surface area contributed by atoms with Crippen LogP contribution in [0.3, 0.4) is 0 Å². The standard InChI is InChI=1S/C19H29N5O/c1-18(2,3)19(25,14-24-16-20-15-21-24)13-22-9-11-23(12-10-22)17-7-5-4-6-8-17/h4-8,15-16,25H,9-14H2,1-3H3. The quantitative estimate of drug-likeness (QED) is 0.898. The zero-order valence-electron chi connectivity index (χ0n) is 15.5. The first-order valence-electron chi connectivity index (χ1n) is 8.95. The number of benzene rings is 1. The van der Waals surface area contributed by atoms with Gasteiger partial charge in [-0.1, -0.05) is 39.0 Å². The van der Waals surface area contributed by atoms with E-state index in [0.29, 0.717) is 13.1 Å². The largest absolute Gasteiger partial charge is 0.386 e. The molecule has 6 nitrogen and oxygen atoms in total. The third-order valence-corrected chi connectivity index (χ3v) is 5.27. The van der Waals surface area contributed by atoms with Gasteiger partial charge in [-0.05, 0) is 17.5 Å². The summed E-state index contributed by atoms with van der Waals surface area (Å²) in [6, 6.07) is 10.5. The van der Waals surface area contributed by atoms with E-state index in [1.807, 2.05) is 6.07 Å². The molecule has 25 heavy (non-hydrogen) atoms. The van der Waals surface area contributed by atoms with Crippen molar-refractivity contribution in [3.63, 3.8) is 0 Å². The fraction of sp³-hybridized carbons (Fsp3) is 0.579. The molecule has 2 aromatic rings. The minimum absolute atomic E-state index is 0.254. The first kappa shape index (κ1) is 17.9. The Hall–Kier alpha value is -1.92. The lowest BCUT2D eigenvalue weighted by Crippen LogP contribution is -2.58. The van der Waals surface area contributed by atoms with Crippen LogP contribution < -0.4 is 4.90 Å². The van der Waals surface area contributed by atoms with Crippen molar-refractivity contribution in [2.45, 2.75) is 32.9 Å². The first-order chi connectivity index (χ1) is 11.9. The van der Waals surface area contributed by atoms with E-state index in [1.165, 1.54) is 12.0 Å². The number of hydrogen-bond acceptors (Lipinski definition) is 5. The molecule has 0 radical (unpaired) electrons. The van der Waals surface area contributed by atoms with Gasteiger partial charge in [0.05, 0.1) is 6.54 Å². The van der Waals surface area contributed by atoms with Crippen molar-refractivity contribution in [1.29, 1.82) is 0 Å². The van der Waals surface area contributed by atoms with Gasteiger partial charge in [0.2, 0.25) is 0 Å². The van der Waals surface area contributed by atoms with Gasteiger partial charge >= 0.3 is 0 Å². The Kier molecular flexibility index (Phi) is 5.11. The van der Waals surface area contributed by atoms with Crippen molar-refractivity contribution >= 4 is 5.69 Å². The van der Waals surface area contributed by atoms with E-state index in [9.17, 15) is 5.11 Å². The average Bonchev–Trinajstić information content (AvgIpc) is 3.08. The lowest BCUT2D eigenvalue weighted by Gasteiger charge is -2.45. The summed E-state index contributed by atoms with van der Waals surface area (Å²) < 4.78 is 1.73. The molecule has 1 saturated heterocycles. The smallest absolute Gasteiger partial charge is 0.137 e. The molecule has 136 valence electrons. The molecule has 1 aromatic heterocycles. The lowest BCUT2D eigenvalue weighted by molar-refractivity contribution is -0.0946. The number of aromatic nitrogens is 3. The second-order valence-corrected chi connectivity index (χ2v) is 7.97. The molecular formula is C19H29N5O. The van der Waals surface area contributed by atoms with Crippen molar-refractivity contribution in [2.75, 3.05) is 37.6 Å². The predicted molar refractivity (Wildman–Crippen MR) is 99.5 cm³/mol. The summed E-state index contributed by atoms with van der Waals surface area (Å²) in [5.74, 6) is 0. The van der Waals surface area contributed by atoms with Gasteiger partial charge in [-0.15, -0.1) is 0 Å². The molecule has 1 aromatic carbocycles. The second kappa shape index (κ2) is 7.14. The van der Waals surface area contributed by atoms with E-state index in [0.717, 1.165) is 26.2 Å². The van der Waals surface area contributed by atoms with Gasteiger partial charge in [0.15, 0.2) is 0 Å². The molecule has 1 atom stereocenters. The van der Waals surface area contributed by atoms with Crippen molar-refractivity contribution in [3.05, 3.63) is 43.0 Å². The van der Waals surface area contributed by atoms with Gasteiger partial charge in [0.1, 0.15) is 18.3 Å². The van der Waals surface area contributed by atoms with Crippen molar-refractivity contribution < 1.29 is 5.11 Å². The van der Waals surface area contributed by atoms with E-state index in [-0.39, 0.29) is 5.41 Å². The van der Waals surface area contributed by atoms with Crippen LogP contribution >= 0.6 is 0 Å². The highest BCUT2D eigenvalue weighted by Gasteiger charge is 2.42. The Morgan fingerprint density at radius 3 is 2.24 bits per heavy atom.